The SMILES string of the molecule is O=C(NCCNC(=O)C1CCCN1C(=O)c1ccccc1)c1ccccc1. The first kappa shape index (κ1) is 18.6. The van der Waals surface area contributed by atoms with Gasteiger partial charge in [-0.15, -0.1) is 0 Å². The van der Waals surface area contributed by atoms with Crippen molar-refractivity contribution in [3.63, 3.8) is 0 Å². The zero-order chi connectivity index (χ0) is 19.1. The summed E-state index contributed by atoms with van der Waals surface area (Å²) in [5.41, 5.74) is 1.17. The Morgan fingerprint density at radius 2 is 1.44 bits per heavy atom. The third-order valence-electron chi connectivity index (χ3n) is 4.58. The zero-order valence-corrected chi connectivity index (χ0v) is 15.1. The highest BCUT2D eigenvalue weighted by Gasteiger charge is 2.34. The van der Waals surface area contributed by atoms with Crippen LogP contribution in [0.2, 0.25) is 0 Å². The highest BCUT2D eigenvalue weighted by molar-refractivity contribution is 5.98. The van der Waals surface area contributed by atoms with E-state index in [0.29, 0.717) is 37.2 Å². The summed E-state index contributed by atoms with van der Waals surface area (Å²) in [4.78, 5) is 38.7. The van der Waals surface area contributed by atoms with Gasteiger partial charge in [-0.25, -0.2) is 0 Å². The first-order chi connectivity index (χ1) is 13.2. The van der Waals surface area contributed by atoms with Crippen LogP contribution in [0.5, 0.6) is 0 Å². The first-order valence-corrected chi connectivity index (χ1v) is 9.14. The topological polar surface area (TPSA) is 78.5 Å². The van der Waals surface area contributed by atoms with Crippen molar-refractivity contribution in [3.8, 4) is 0 Å². The number of carbonyl (C=O) groups is 3. The molecule has 0 radical (unpaired) electrons. The summed E-state index contributed by atoms with van der Waals surface area (Å²) < 4.78 is 0. The van der Waals surface area contributed by atoms with Gasteiger partial charge in [0.25, 0.3) is 11.8 Å². The van der Waals surface area contributed by atoms with Crippen LogP contribution in [0.3, 0.4) is 0 Å². The van der Waals surface area contributed by atoms with E-state index in [0.717, 1.165) is 6.42 Å². The van der Waals surface area contributed by atoms with Crippen molar-refractivity contribution in [1.29, 1.82) is 0 Å². The third kappa shape index (κ3) is 4.73. The molecule has 6 heteroatoms. The van der Waals surface area contributed by atoms with E-state index in [9.17, 15) is 14.4 Å². The van der Waals surface area contributed by atoms with Crippen LogP contribution in [-0.2, 0) is 4.79 Å². The Morgan fingerprint density at radius 1 is 0.852 bits per heavy atom. The quantitative estimate of drug-likeness (QED) is 0.767. The van der Waals surface area contributed by atoms with Gasteiger partial charge in [0.05, 0.1) is 0 Å². The lowest BCUT2D eigenvalue weighted by Gasteiger charge is -2.24. The molecule has 27 heavy (non-hydrogen) atoms. The Bertz CT molecular complexity index is 793. The van der Waals surface area contributed by atoms with Gasteiger partial charge in [-0.3, -0.25) is 14.4 Å². The largest absolute Gasteiger partial charge is 0.353 e. The lowest BCUT2D eigenvalue weighted by molar-refractivity contribution is -0.124. The minimum atomic E-state index is -0.456. The number of amides is 3. The van der Waals surface area contributed by atoms with Gasteiger partial charge in [-0.2, -0.15) is 0 Å². The van der Waals surface area contributed by atoms with Crippen LogP contribution in [0, 0.1) is 0 Å². The molecule has 2 aromatic rings. The molecule has 0 saturated carbocycles. The van der Waals surface area contributed by atoms with Crippen LogP contribution in [-0.4, -0.2) is 48.3 Å². The van der Waals surface area contributed by atoms with Gasteiger partial charge in [0, 0.05) is 30.8 Å². The van der Waals surface area contributed by atoms with Crippen LogP contribution in [0.15, 0.2) is 60.7 Å². The van der Waals surface area contributed by atoms with Crippen molar-refractivity contribution in [1.82, 2.24) is 15.5 Å². The maximum absolute atomic E-state index is 12.6. The Hall–Kier alpha value is -3.15. The molecule has 1 heterocycles. The van der Waals surface area contributed by atoms with E-state index in [2.05, 4.69) is 10.6 Å². The second-order valence-corrected chi connectivity index (χ2v) is 6.44. The number of rotatable bonds is 6. The number of benzene rings is 2. The van der Waals surface area contributed by atoms with Crippen LogP contribution < -0.4 is 10.6 Å². The van der Waals surface area contributed by atoms with Crippen molar-refractivity contribution < 1.29 is 14.4 Å². The number of carbonyl (C=O) groups excluding carboxylic acids is 3. The molecule has 1 fully saturated rings. The van der Waals surface area contributed by atoms with Gasteiger partial charge in [-0.1, -0.05) is 36.4 Å². The molecule has 6 nitrogen and oxygen atoms in total. The van der Waals surface area contributed by atoms with E-state index in [-0.39, 0.29) is 17.7 Å². The lowest BCUT2D eigenvalue weighted by Crippen LogP contribution is -2.47. The molecule has 2 aromatic carbocycles. The molecule has 1 aliphatic rings. The Balaban J connectivity index is 1.47. The number of hydrogen-bond acceptors (Lipinski definition) is 3. The smallest absolute Gasteiger partial charge is 0.254 e. The summed E-state index contributed by atoms with van der Waals surface area (Å²) in [6.07, 6.45) is 1.46. The molecule has 1 saturated heterocycles. The standard InChI is InChI=1S/C21H23N3O3/c25-19(16-8-3-1-4-9-16)22-13-14-23-20(26)18-12-7-15-24(18)21(27)17-10-5-2-6-11-17/h1-6,8-11,18H,7,12-15H2,(H,22,25)(H,23,26). The second-order valence-electron chi connectivity index (χ2n) is 6.44. The molecule has 1 aliphatic heterocycles. The van der Waals surface area contributed by atoms with Crippen molar-refractivity contribution in [3.05, 3.63) is 71.8 Å². The van der Waals surface area contributed by atoms with E-state index in [1.807, 2.05) is 24.3 Å². The monoisotopic (exact) mass is 365 g/mol. The van der Waals surface area contributed by atoms with Crippen LogP contribution in [0.25, 0.3) is 0 Å². The minimum absolute atomic E-state index is 0.120. The van der Waals surface area contributed by atoms with E-state index in [1.165, 1.54) is 0 Å². The summed E-state index contributed by atoms with van der Waals surface area (Å²) in [6, 6.07) is 17.5. The number of hydrogen-bond donors (Lipinski definition) is 2. The molecule has 0 aliphatic carbocycles. The summed E-state index contributed by atoms with van der Waals surface area (Å²) in [6.45, 7) is 1.23. The zero-order valence-electron chi connectivity index (χ0n) is 15.1. The van der Waals surface area contributed by atoms with Gasteiger partial charge in [0.15, 0.2) is 0 Å². The Morgan fingerprint density at radius 3 is 2.11 bits per heavy atom. The predicted molar refractivity (Wildman–Crippen MR) is 102 cm³/mol. The third-order valence-corrected chi connectivity index (χ3v) is 4.58. The summed E-state index contributed by atoms with van der Waals surface area (Å²) in [7, 11) is 0. The minimum Gasteiger partial charge on any atom is -0.353 e. The number of nitrogens with zero attached hydrogens (tertiary/aromatic N) is 1. The van der Waals surface area contributed by atoms with Crippen molar-refractivity contribution in [2.75, 3.05) is 19.6 Å². The Kier molecular flexibility index (Phi) is 6.20. The van der Waals surface area contributed by atoms with Gasteiger partial charge >= 0.3 is 0 Å². The molecular formula is C21H23N3O3. The molecular weight excluding hydrogens is 342 g/mol. The molecule has 0 bridgehead atoms. The maximum atomic E-state index is 12.6. The fourth-order valence-electron chi connectivity index (χ4n) is 3.20. The van der Waals surface area contributed by atoms with Crippen LogP contribution in [0.1, 0.15) is 33.6 Å². The Labute approximate surface area is 158 Å². The molecule has 3 rings (SSSR count). The molecule has 0 spiro atoms. The van der Waals surface area contributed by atoms with Crippen molar-refractivity contribution in [2.24, 2.45) is 0 Å². The summed E-state index contributed by atoms with van der Waals surface area (Å²) in [5, 5.41) is 5.59. The first-order valence-electron chi connectivity index (χ1n) is 9.14. The van der Waals surface area contributed by atoms with Crippen molar-refractivity contribution in [2.45, 2.75) is 18.9 Å². The molecule has 0 aromatic heterocycles. The van der Waals surface area contributed by atoms with E-state index >= 15 is 0 Å². The highest BCUT2D eigenvalue weighted by atomic mass is 16.2. The van der Waals surface area contributed by atoms with Crippen molar-refractivity contribution >= 4 is 17.7 Å². The predicted octanol–water partition coefficient (Wildman–Crippen LogP) is 1.84. The van der Waals surface area contributed by atoms with Gasteiger partial charge < -0.3 is 15.5 Å². The van der Waals surface area contributed by atoms with Crippen LogP contribution >= 0.6 is 0 Å². The molecule has 3 amide bonds. The average Bonchev–Trinajstić information content (AvgIpc) is 3.21. The average molecular weight is 365 g/mol. The van der Waals surface area contributed by atoms with E-state index < -0.39 is 6.04 Å². The van der Waals surface area contributed by atoms with E-state index in [1.54, 1.807) is 41.3 Å². The lowest BCUT2D eigenvalue weighted by atomic mass is 10.1. The number of nitrogens with one attached hydrogen (secondary N) is 2. The second kappa shape index (κ2) is 8.98. The highest BCUT2D eigenvalue weighted by Crippen LogP contribution is 2.20. The van der Waals surface area contributed by atoms with Gasteiger partial charge in [0.2, 0.25) is 5.91 Å². The summed E-state index contributed by atoms with van der Waals surface area (Å²) in [5.74, 6) is -0.469. The maximum Gasteiger partial charge on any atom is 0.254 e. The normalized spacial score (nSPS) is 16.0. The summed E-state index contributed by atoms with van der Waals surface area (Å²) >= 11 is 0. The number of likely N-dealkylation sites (tertiary alicyclic amines) is 1. The fraction of sp³-hybridized carbons (Fsp3) is 0.286. The van der Waals surface area contributed by atoms with Gasteiger partial charge in [-0.05, 0) is 37.1 Å². The molecule has 1 unspecified atom stereocenters. The molecule has 140 valence electrons. The molecule has 1 atom stereocenters. The van der Waals surface area contributed by atoms with Gasteiger partial charge in [0.1, 0.15) is 6.04 Å². The van der Waals surface area contributed by atoms with E-state index in [4.69, 9.17) is 0 Å². The molecule has 2 N–H and O–H groups in total. The van der Waals surface area contributed by atoms with Crippen LogP contribution in [0.4, 0.5) is 0 Å². The fourth-order valence-corrected chi connectivity index (χ4v) is 3.20.